The van der Waals surface area contributed by atoms with Crippen molar-refractivity contribution >= 4 is 39.6 Å². The first-order valence-electron chi connectivity index (χ1n) is 11.1. The molecule has 1 saturated heterocycles. The third-order valence-corrected chi connectivity index (χ3v) is 6.62. The van der Waals surface area contributed by atoms with Gasteiger partial charge in [0.25, 0.3) is 0 Å². The zero-order chi connectivity index (χ0) is 23.2. The maximum absolute atomic E-state index is 15.2. The van der Waals surface area contributed by atoms with Crippen molar-refractivity contribution in [2.24, 2.45) is 0 Å². The minimum atomic E-state index is -0.527. The standard InChI is InChI=1S/C24H27FIN3O4/c25-20-13-18(12-19-22(20)29(28-23(19)26)21-8-4-5-11-32-21)17(14-30)9-10-27-24(31)33-15-16-6-2-1-3-7-16/h1-3,6-7,12-13,17,21,30H,4-5,8-11,14-15H2,(H,27,31)/t17-,21?/m0/s1. The van der Waals surface area contributed by atoms with Crippen LogP contribution in [0.4, 0.5) is 9.18 Å². The topological polar surface area (TPSA) is 85.6 Å². The van der Waals surface area contributed by atoms with Gasteiger partial charge in [0.15, 0.2) is 6.23 Å². The van der Waals surface area contributed by atoms with Crippen molar-refractivity contribution in [2.45, 2.75) is 44.4 Å². The van der Waals surface area contributed by atoms with Gasteiger partial charge in [-0.05, 0) is 71.5 Å². The van der Waals surface area contributed by atoms with Crippen molar-refractivity contribution in [1.82, 2.24) is 15.1 Å². The molecule has 33 heavy (non-hydrogen) atoms. The third-order valence-electron chi connectivity index (χ3n) is 5.83. The molecule has 0 saturated carbocycles. The normalized spacial score (nSPS) is 17.1. The minimum absolute atomic E-state index is 0.165. The molecule has 3 aromatic rings. The van der Waals surface area contributed by atoms with Crippen LogP contribution in [0.3, 0.4) is 0 Å². The molecule has 1 aliphatic rings. The second-order valence-corrected chi connectivity index (χ2v) is 9.13. The molecule has 2 heterocycles. The van der Waals surface area contributed by atoms with Gasteiger partial charge in [-0.1, -0.05) is 30.3 Å². The number of aliphatic hydroxyl groups is 1. The van der Waals surface area contributed by atoms with Crippen molar-refractivity contribution in [1.29, 1.82) is 0 Å². The fraction of sp³-hybridized carbons (Fsp3) is 0.417. The van der Waals surface area contributed by atoms with Crippen LogP contribution in [0, 0.1) is 9.52 Å². The summed E-state index contributed by atoms with van der Waals surface area (Å²) in [5, 5.41) is 17.9. The lowest BCUT2D eigenvalue weighted by molar-refractivity contribution is -0.0371. The summed E-state index contributed by atoms with van der Waals surface area (Å²) >= 11 is 2.10. The average Bonchev–Trinajstić information content (AvgIpc) is 3.18. The van der Waals surface area contributed by atoms with Gasteiger partial charge in [-0.2, -0.15) is 5.10 Å². The van der Waals surface area contributed by atoms with Gasteiger partial charge in [0.2, 0.25) is 0 Å². The lowest BCUT2D eigenvalue weighted by Crippen LogP contribution is -2.26. The molecule has 0 bridgehead atoms. The van der Waals surface area contributed by atoms with Gasteiger partial charge in [0, 0.05) is 31.1 Å². The quantitative estimate of drug-likeness (QED) is 0.380. The van der Waals surface area contributed by atoms with Crippen LogP contribution in [-0.2, 0) is 16.1 Å². The summed E-state index contributed by atoms with van der Waals surface area (Å²) in [5.74, 6) is -0.718. The van der Waals surface area contributed by atoms with Gasteiger partial charge in [0.1, 0.15) is 21.6 Å². The number of amides is 1. The number of hydrogen-bond acceptors (Lipinski definition) is 5. The van der Waals surface area contributed by atoms with E-state index >= 15 is 4.39 Å². The first-order chi connectivity index (χ1) is 16.1. The Kier molecular flexibility index (Phi) is 8.15. The van der Waals surface area contributed by atoms with E-state index in [0.717, 1.165) is 24.8 Å². The highest BCUT2D eigenvalue weighted by Gasteiger charge is 2.24. The number of halogens is 2. The molecule has 4 rings (SSSR count). The number of carbonyl (C=O) groups is 1. The van der Waals surface area contributed by atoms with E-state index in [4.69, 9.17) is 9.47 Å². The van der Waals surface area contributed by atoms with E-state index in [2.05, 4.69) is 33.0 Å². The zero-order valence-electron chi connectivity index (χ0n) is 18.2. The molecule has 2 atom stereocenters. The van der Waals surface area contributed by atoms with E-state index in [0.29, 0.717) is 39.7 Å². The molecule has 2 N–H and O–H groups in total. The summed E-state index contributed by atoms with van der Waals surface area (Å²) in [6.07, 6.45) is 2.49. The number of hydrogen-bond donors (Lipinski definition) is 2. The molecule has 0 radical (unpaired) electrons. The van der Waals surface area contributed by atoms with Crippen LogP contribution in [0.15, 0.2) is 42.5 Å². The molecule has 9 heteroatoms. The molecule has 1 aliphatic heterocycles. The average molecular weight is 567 g/mol. The first-order valence-corrected chi connectivity index (χ1v) is 12.2. The Morgan fingerprint density at radius 2 is 2.15 bits per heavy atom. The molecule has 1 amide bonds. The maximum Gasteiger partial charge on any atom is 0.407 e. The van der Waals surface area contributed by atoms with Crippen molar-refractivity contribution in [3.05, 3.63) is 63.1 Å². The number of aromatic nitrogens is 2. The molecule has 0 aliphatic carbocycles. The fourth-order valence-corrected chi connectivity index (χ4v) is 4.70. The largest absolute Gasteiger partial charge is 0.445 e. The number of nitrogens with one attached hydrogen (secondary N) is 1. The Morgan fingerprint density at radius 1 is 1.33 bits per heavy atom. The Morgan fingerprint density at radius 3 is 2.88 bits per heavy atom. The number of fused-ring (bicyclic) bond motifs is 1. The predicted molar refractivity (Wildman–Crippen MR) is 130 cm³/mol. The minimum Gasteiger partial charge on any atom is -0.445 e. The predicted octanol–water partition coefficient (Wildman–Crippen LogP) is 4.87. The zero-order valence-corrected chi connectivity index (χ0v) is 20.3. The van der Waals surface area contributed by atoms with Crippen LogP contribution < -0.4 is 5.32 Å². The Balaban J connectivity index is 1.40. The molecule has 0 spiro atoms. The van der Waals surface area contributed by atoms with E-state index < -0.39 is 6.09 Å². The SMILES string of the molecule is O=C(NCC[C@@H](CO)c1cc(F)c2c(c1)c(I)nn2C1CCCCO1)OCc1ccccc1. The Labute approximate surface area is 205 Å². The summed E-state index contributed by atoms with van der Waals surface area (Å²) < 4.78 is 28.5. The molecule has 1 unspecified atom stereocenters. The number of aliphatic hydroxyl groups excluding tert-OH is 1. The monoisotopic (exact) mass is 567 g/mol. The summed E-state index contributed by atoms with van der Waals surface area (Å²) in [6.45, 7) is 0.966. The second kappa shape index (κ2) is 11.3. The van der Waals surface area contributed by atoms with Gasteiger partial charge < -0.3 is 19.9 Å². The first kappa shape index (κ1) is 23.9. The lowest BCUT2D eigenvalue weighted by atomic mass is 9.95. The van der Waals surface area contributed by atoms with Crippen molar-refractivity contribution in [3.8, 4) is 0 Å². The van der Waals surface area contributed by atoms with Crippen molar-refractivity contribution in [3.63, 3.8) is 0 Å². The number of ether oxygens (including phenoxy) is 2. The Bertz CT molecular complexity index is 1090. The fourth-order valence-electron chi connectivity index (χ4n) is 4.06. The van der Waals surface area contributed by atoms with Crippen molar-refractivity contribution in [2.75, 3.05) is 19.8 Å². The third kappa shape index (κ3) is 5.82. The number of rotatable bonds is 8. The summed E-state index contributed by atoms with van der Waals surface area (Å²) in [5.41, 5.74) is 2.00. The van der Waals surface area contributed by atoms with Gasteiger partial charge in [-0.25, -0.2) is 13.9 Å². The molecule has 1 fully saturated rings. The highest BCUT2D eigenvalue weighted by Crippen LogP contribution is 2.33. The van der Waals surface area contributed by atoms with Gasteiger partial charge in [0.05, 0.1) is 0 Å². The Hall–Kier alpha value is -2.24. The molecule has 1 aromatic heterocycles. The van der Waals surface area contributed by atoms with Gasteiger partial charge >= 0.3 is 6.09 Å². The summed E-state index contributed by atoms with van der Waals surface area (Å²) in [6, 6.07) is 12.7. The van der Waals surface area contributed by atoms with E-state index in [9.17, 15) is 9.90 Å². The van der Waals surface area contributed by atoms with E-state index in [1.54, 1.807) is 4.68 Å². The second-order valence-electron chi connectivity index (χ2n) is 8.11. The summed E-state index contributed by atoms with van der Waals surface area (Å²) in [4.78, 5) is 12.0. The van der Waals surface area contributed by atoms with Gasteiger partial charge in [-0.15, -0.1) is 0 Å². The molecular weight excluding hydrogens is 540 g/mol. The maximum atomic E-state index is 15.2. The lowest BCUT2D eigenvalue weighted by Gasteiger charge is -2.23. The van der Waals surface area contributed by atoms with Crippen LogP contribution in [0.5, 0.6) is 0 Å². The summed E-state index contributed by atoms with van der Waals surface area (Å²) in [7, 11) is 0. The van der Waals surface area contributed by atoms with Crippen LogP contribution in [0.1, 0.15) is 49.0 Å². The highest BCUT2D eigenvalue weighted by atomic mass is 127. The van der Waals surface area contributed by atoms with E-state index in [-0.39, 0.29) is 31.2 Å². The van der Waals surface area contributed by atoms with Crippen LogP contribution in [-0.4, -0.2) is 40.7 Å². The van der Waals surface area contributed by atoms with Crippen molar-refractivity contribution < 1.29 is 23.8 Å². The number of nitrogens with zero attached hydrogens (tertiary/aromatic N) is 2. The number of alkyl carbamates (subject to hydrolysis) is 1. The highest BCUT2D eigenvalue weighted by molar-refractivity contribution is 14.1. The molecule has 7 nitrogen and oxygen atoms in total. The smallest absolute Gasteiger partial charge is 0.407 e. The van der Waals surface area contributed by atoms with E-state index in [1.807, 2.05) is 36.4 Å². The number of benzene rings is 2. The van der Waals surface area contributed by atoms with Crippen LogP contribution >= 0.6 is 22.6 Å². The van der Waals surface area contributed by atoms with E-state index in [1.165, 1.54) is 6.07 Å². The van der Waals surface area contributed by atoms with Crippen LogP contribution in [0.2, 0.25) is 0 Å². The molecule has 176 valence electrons. The van der Waals surface area contributed by atoms with Gasteiger partial charge in [-0.3, -0.25) is 0 Å². The molecule has 2 aromatic carbocycles. The van der Waals surface area contributed by atoms with Crippen LogP contribution in [0.25, 0.3) is 10.9 Å². The number of carbonyl (C=O) groups excluding carboxylic acids is 1. The molecular formula is C24H27FIN3O4.